The van der Waals surface area contributed by atoms with Gasteiger partial charge in [-0.2, -0.15) is 4.98 Å². The number of aliphatic hydroxyl groups is 2. The first kappa shape index (κ1) is 20.5. The van der Waals surface area contributed by atoms with Crippen LogP contribution in [0.25, 0.3) is 0 Å². The quantitative estimate of drug-likeness (QED) is 0.250. The van der Waals surface area contributed by atoms with Gasteiger partial charge in [0.25, 0.3) is 0 Å². The van der Waals surface area contributed by atoms with Gasteiger partial charge in [0.2, 0.25) is 11.8 Å². The predicted molar refractivity (Wildman–Crippen MR) is 87.0 cm³/mol. The molecule has 1 fully saturated rings. The van der Waals surface area contributed by atoms with Crippen LogP contribution in [0, 0.1) is 0 Å². The van der Waals surface area contributed by atoms with Crippen LogP contribution in [0.2, 0.25) is 0 Å². The lowest BCUT2D eigenvalue weighted by Gasteiger charge is -2.19. The minimum Gasteiger partial charge on any atom is -0.480 e. The van der Waals surface area contributed by atoms with Gasteiger partial charge >= 0.3 is 12.0 Å². The van der Waals surface area contributed by atoms with Crippen LogP contribution >= 0.6 is 0 Å². The summed E-state index contributed by atoms with van der Waals surface area (Å²) in [6.07, 6.45) is -1.89. The van der Waals surface area contributed by atoms with E-state index in [1.807, 2.05) is 0 Å². The molecule has 8 N–H and O–H groups in total. The molecule has 150 valence electrons. The number of carboxylic acid groups (broad SMARTS) is 1. The van der Waals surface area contributed by atoms with Gasteiger partial charge in [0.1, 0.15) is 6.04 Å². The summed E-state index contributed by atoms with van der Waals surface area (Å²) >= 11 is 0. The van der Waals surface area contributed by atoms with Crippen LogP contribution in [0.4, 0.5) is 4.79 Å². The maximum Gasteiger partial charge on any atom is 0.328 e. The molecule has 0 spiro atoms. The zero-order chi connectivity index (χ0) is 20.1. The molecule has 2 unspecified atom stereocenters. The van der Waals surface area contributed by atoms with E-state index in [1.165, 1.54) is 6.92 Å². The Morgan fingerprint density at radius 1 is 1.41 bits per heavy atom. The van der Waals surface area contributed by atoms with Crippen LogP contribution in [0.1, 0.15) is 43.6 Å². The lowest BCUT2D eigenvalue weighted by Crippen LogP contribution is -2.52. The van der Waals surface area contributed by atoms with Crippen molar-refractivity contribution in [3.8, 4) is 0 Å². The second kappa shape index (κ2) is 8.75. The molecule has 1 saturated heterocycles. The van der Waals surface area contributed by atoms with E-state index in [1.54, 1.807) is 0 Å². The molecular weight excluding hydrogens is 364 g/mol. The number of hydrogen-bond acceptors (Lipinski definition) is 9. The van der Waals surface area contributed by atoms with Crippen molar-refractivity contribution in [2.75, 3.05) is 6.54 Å². The molecule has 3 amide bonds. The van der Waals surface area contributed by atoms with Gasteiger partial charge in [0.05, 0.1) is 24.7 Å². The van der Waals surface area contributed by atoms with E-state index >= 15 is 0 Å². The van der Waals surface area contributed by atoms with Crippen LogP contribution < -0.4 is 21.7 Å². The molecule has 2 rings (SSSR count). The van der Waals surface area contributed by atoms with Crippen molar-refractivity contribution in [2.24, 2.45) is 5.73 Å². The third kappa shape index (κ3) is 5.60. The zero-order valence-electron chi connectivity index (χ0n) is 14.5. The van der Waals surface area contributed by atoms with E-state index in [4.69, 9.17) is 15.4 Å². The predicted octanol–water partition coefficient (Wildman–Crippen LogP) is -2.49. The molecule has 0 aliphatic carbocycles. The van der Waals surface area contributed by atoms with Gasteiger partial charge in [-0.3, -0.25) is 4.79 Å². The Bertz CT molecular complexity index is 693. The van der Waals surface area contributed by atoms with Gasteiger partial charge in [-0.25, -0.2) is 9.59 Å². The topological polar surface area (TPSA) is 213 Å². The molecule has 1 aliphatic rings. The Balaban J connectivity index is 2.09. The van der Waals surface area contributed by atoms with E-state index in [0.29, 0.717) is 13.0 Å². The molecule has 0 bridgehead atoms. The van der Waals surface area contributed by atoms with Gasteiger partial charge in [-0.15, -0.1) is 0 Å². The lowest BCUT2D eigenvalue weighted by molar-refractivity contribution is -0.141. The number of amides is 3. The van der Waals surface area contributed by atoms with Crippen molar-refractivity contribution in [3.63, 3.8) is 0 Å². The Kier molecular flexibility index (Phi) is 6.65. The van der Waals surface area contributed by atoms with Crippen molar-refractivity contribution >= 4 is 17.9 Å². The summed E-state index contributed by atoms with van der Waals surface area (Å²) in [5, 5.41) is 39.1. The van der Waals surface area contributed by atoms with E-state index in [-0.39, 0.29) is 24.2 Å². The van der Waals surface area contributed by atoms with Crippen molar-refractivity contribution in [1.29, 1.82) is 0 Å². The van der Waals surface area contributed by atoms with Gasteiger partial charge in [-0.1, -0.05) is 5.16 Å². The summed E-state index contributed by atoms with van der Waals surface area (Å²) in [6, 6.07) is -3.96. The molecule has 0 radical (unpaired) electrons. The van der Waals surface area contributed by atoms with Gasteiger partial charge < -0.3 is 41.5 Å². The fraction of sp³-hybridized carbons (Fsp3) is 0.643. The number of carboxylic acids is 1. The highest BCUT2D eigenvalue weighted by Gasteiger charge is 2.31. The minimum absolute atomic E-state index is 0.105. The summed E-state index contributed by atoms with van der Waals surface area (Å²) in [5.74, 6) is -2.06. The van der Waals surface area contributed by atoms with E-state index in [9.17, 15) is 24.6 Å². The summed E-state index contributed by atoms with van der Waals surface area (Å²) in [7, 11) is 0. The zero-order valence-corrected chi connectivity index (χ0v) is 14.5. The van der Waals surface area contributed by atoms with Crippen LogP contribution in [0.5, 0.6) is 0 Å². The number of aliphatic hydroxyl groups excluding tert-OH is 2. The Morgan fingerprint density at radius 3 is 2.63 bits per heavy atom. The molecule has 2 heterocycles. The summed E-state index contributed by atoms with van der Waals surface area (Å²) in [5.41, 5.74) is 5.17. The highest BCUT2D eigenvalue weighted by Crippen LogP contribution is 2.23. The van der Waals surface area contributed by atoms with Crippen molar-refractivity contribution < 1.29 is 34.2 Å². The highest BCUT2D eigenvalue weighted by molar-refractivity contribution is 5.83. The smallest absolute Gasteiger partial charge is 0.328 e. The van der Waals surface area contributed by atoms with E-state index < -0.39 is 42.2 Å². The van der Waals surface area contributed by atoms with Crippen LogP contribution in [-0.2, 0) is 9.59 Å². The normalized spacial score (nSPS) is 22.6. The number of aliphatic carboxylic acids is 1. The molecule has 0 aromatic carbocycles. The molecule has 0 saturated carbocycles. The number of nitrogens with zero attached hydrogens (tertiary/aromatic N) is 2. The molecule has 13 nitrogen and oxygen atoms in total. The average molecular weight is 386 g/mol. The first-order valence-electron chi connectivity index (χ1n) is 8.18. The van der Waals surface area contributed by atoms with Crippen LogP contribution in [0.3, 0.4) is 0 Å². The Morgan fingerprint density at radius 2 is 2.11 bits per heavy atom. The molecule has 1 aromatic rings. The summed E-state index contributed by atoms with van der Waals surface area (Å²) < 4.78 is 5.08. The maximum atomic E-state index is 12.0. The lowest BCUT2D eigenvalue weighted by atomic mass is 10.1. The first-order chi connectivity index (χ1) is 12.7. The van der Waals surface area contributed by atoms with Crippen molar-refractivity contribution in [3.05, 3.63) is 11.7 Å². The highest BCUT2D eigenvalue weighted by atomic mass is 16.5. The second-order valence-electron chi connectivity index (χ2n) is 6.24. The van der Waals surface area contributed by atoms with E-state index in [0.717, 1.165) is 0 Å². The maximum absolute atomic E-state index is 12.0. The molecule has 1 aliphatic heterocycles. The minimum atomic E-state index is -1.55. The number of carbonyl (C=O) groups excluding carboxylic acids is 2. The number of rotatable bonds is 8. The third-order valence-electron chi connectivity index (χ3n) is 3.92. The van der Waals surface area contributed by atoms with E-state index in [2.05, 4.69) is 26.1 Å². The number of urea groups is 1. The number of primary amides is 1. The average Bonchev–Trinajstić information content (AvgIpc) is 3.19. The summed E-state index contributed by atoms with van der Waals surface area (Å²) in [4.78, 5) is 38.5. The molecule has 1 aromatic heterocycles. The molecule has 13 heteroatoms. The van der Waals surface area contributed by atoms with Crippen LogP contribution in [-0.4, -0.2) is 68.2 Å². The number of nitrogens with two attached hydrogens (primary N) is 1. The van der Waals surface area contributed by atoms with Crippen LogP contribution in [0.15, 0.2) is 4.52 Å². The fourth-order valence-corrected chi connectivity index (χ4v) is 2.58. The largest absolute Gasteiger partial charge is 0.480 e. The van der Waals surface area contributed by atoms with Gasteiger partial charge in [0, 0.05) is 6.54 Å². The SMILES string of the molecule is CC(O)C(NC(=O)N[C@@H](CC(N)=O)c1nc([C@@H]2C[C@@H](O)CN2)no1)C(=O)O. The number of aromatic nitrogens is 2. The molecular formula is C14H22N6O7. The third-order valence-corrected chi connectivity index (χ3v) is 3.92. The number of carbonyl (C=O) groups is 3. The first-order valence-corrected chi connectivity index (χ1v) is 8.18. The number of β-amino-alcohol motifs (C(OH)–C–C–N with tert-alkyl or cyclic N) is 1. The Labute approximate surface area is 153 Å². The van der Waals surface area contributed by atoms with Crippen molar-refractivity contribution in [2.45, 2.75) is 50.1 Å². The monoisotopic (exact) mass is 386 g/mol. The van der Waals surface area contributed by atoms with Gasteiger partial charge in [0.15, 0.2) is 11.9 Å². The fourth-order valence-electron chi connectivity index (χ4n) is 2.58. The van der Waals surface area contributed by atoms with Crippen molar-refractivity contribution in [1.82, 2.24) is 26.1 Å². The van der Waals surface area contributed by atoms with Gasteiger partial charge in [-0.05, 0) is 13.3 Å². The Hall–Kier alpha value is -2.77. The standard InChI is InChI=1S/C14H22N6O7/c1-5(21)10(13(24)25)18-14(26)17-8(3-9(15)23)12-19-11(20-27-12)7-2-6(22)4-16-7/h5-8,10,16,21-22H,2-4H2,1H3,(H2,15,23)(H,24,25)(H2,17,18,26)/t5?,6-,7+,8+,10?/m1/s1. The second-order valence-corrected chi connectivity index (χ2v) is 6.24. The number of hydrogen-bond donors (Lipinski definition) is 7. The molecule has 5 atom stereocenters. The summed E-state index contributed by atoms with van der Waals surface area (Å²) in [6.45, 7) is 1.57. The number of nitrogens with one attached hydrogen (secondary N) is 3. The molecule has 27 heavy (non-hydrogen) atoms.